The zero-order valence-electron chi connectivity index (χ0n) is 7.93. The molecular weight excluding hydrogens is 267 g/mol. The second-order valence-corrected chi connectivity index (χ2v) is 4.09. The lowest BCUT2D eigenvalue weighted by atomic mass is 10.2. The van der Waals surface area contributed by atoms with Gasteiger partial charge in [-0.2, -0.15) is 0 Å². The van der Waals surface area contributed by atoms with Crippen molar-refractivity contribution in [2.24, 2.45) is 0 Å². The zero-order chi connectivity index (χ0) is 10.4. The first-order valence-electron chi connectivity index (χ1n) is 4.24. The first-order chi connectivity index (χ1) is 6.74. The lowest BCUT2D eigenvalue weighted by Gasteiger charge is -2.05. The quantitative estimate of drug-likeness (QED) is 0.608. The Balaban J connectivity index is 2.45. The Kier molecular flexibility index (Phi) is 5.48. The molecule has 0 atom stereocenters. The van der Waals surface area contributed by atoms with Crippen molar-refractivity contribution in [2.45, 2.75) is 6.42 Å². The summed E-state index contributed by atoms with van der Waals surface area (Å²) in [6, 6.07) is 5.72. The molecule has 14 heavy (non-hydrogen) atoms. The van der Waals surface area contributed by atoms with E-state index in [2.05, 4.69) is 15.9 Å². The van der Waals surface area contributed by atoms with Crippen LogP contribution >= 0.6 is 27.5 Å². The van der Waals surface area contributed by atoms with Gasteiger partial charge in [0.1, 0.15) is 6.79 Å². The summed E-state index contributed by atoms with van der Waals surface area (Å²) in [6.07, 6.45) is 0.824. The van der Waals surface area contributed by atoms with Gasteiger partial charge in [-0.3, -0.25) is 0 Å². The molecule has 0 aliphatic heterocycles. The van der Waals surface area contributed by atoms with Crippen molar-refractivity contribution in [3.63, 3.8) is 0 Å². The van der Waals surface area contributed by atoms with Crippen LogP contribution in [0.3, 0.4) is 0 Å². The van der Waals surface area contributed by atoms with Crippen molar-refractivity contribution in [3.8, 4) is 0 Å². The molecule has 4 heteroatoms. The van der Waals surface area contributed by atoms with Crippen LogP contribution in [0, 0.1) is 0 Å². The maximum absolute atomic E-state index is 5.87. The van der Waals surface area contributed by atoms with E-state index >= 15 is 0 Å². The van der Waals surface area contributed by atoms with Crippen molar-refractivity contribution in [3.05, 3.63) is 33.3 Å². The third-order valence-corrected chi connectivity index (χ3v) is 2.73. The first-order valence-corrected chi connectivity index (χ1v) is 5.41. The van der Waals surface area contributed by atoms with E-state index in [0.29, 0.717) is 13.4 Å². The lowest BCUT2D eigenvalue weighted by Crippen LogP contribution is -2.01. The van der Waals surface area contributed by atoms with E-state index < -0.39 is 0 Å². The molecule has 0 radical (unpaired) electrons. The molecule has 1 aromatic carbocycles. The van der Waals surface area contributed by atoms with Crippen LogP contribution in [0.1, 0.15) is 5.56 Å². The Labute approximate surface area is 97.3 Å². The molecule has 0 unspecified atom stereocenters. The molecule has 1 aromatic rings. The monoisotopic (exact) mass is 278 g/mol. The number of ether oxygens (including phenoxy) is 2. The highest BCUT2D eigenvalue weighted by Crippen LogP contribution is 2.21. The predicted octanol–water partition coefficient (Wildman–Crippen LogP) is 3.27. The molecule has 0 aliphatic carbocycles. The van der Waals surface area contributed by atoms with Crippen molar-refractivity contribution >= 4 is 27.5 Å². The molecule has 1 rings (SSSR count). The normalized spacial score (nSPS) is 10.5. The number of hydrogen-bond donors (Lipinski definition) is 0. The SMILES string of the molecule is COCOCCc1cc(Cl)ccc1Br. The molecule has 0 aromatic heterocycles. The summed E-state index contributed by atoms with van der Waals surface area (Å²) in [7, 11) is 1.61. The fourth-order valence-electron chi connectivity index (χ4n) is 1.06. The van der Waals surface area contributed by atoms with Gasteiger partial charge in [0.05, 0.1) is 6.61 Å². The first kappa shape index (κ1) is 12.0. The minimum atomic E-state index is 0.332. The minimum absolute atomic E-state index is 0.332. The summed E-state index contributed by atoms with van der Waals surface area (Å²) in [5.74, 6) is 0. The molecule has 0 spiro atoms. The van der Waals surface area contributed by atoms with Crippen molar-refractivity contribution in [1.29, 1.82) is 0 Å². The molecule has 0 saturated heterocycles. The Morgan fingerprint density at radius 2 is 2.21 bits per heavy atom. The lowest BCUT2D eigenvalue weighted by molar-refractivity contribution is -0.0291. The zero-order valence-corrected chi connectivity index (χ0v) is 10.3. The predicted molar refractivity (Wildman–Crippen MR) is 60.7 cm³/mol. The van der Waals surface area contributed by atoms with Gasteiger partial charge in [0, 0.05) is 16.6 Å². The molecule has 0 bridgehead atoms. The van der Waals surface area contributed by atoms with Gasteiger partial charge in [-0.25, -0.2) is 0 Å². The van der Waals surface area contributed by atoms with Crippen LogP contribution in [0.2, 0.25) is 5.02 Å². The summed E-state index contributed by atoms with van der Waals surface area (Å²) >= 11 is 9.32. The van der Waals surface area contributed by atoms with Crippen LogP contribution in [0.4, 0.5) is 0 Å². The van der Waals surface area contributed by atoms with Gasteiger partial charge in [-0.05, 0) is 30.2 Å². The summed E-state index contributed by atoms with van der Waals surface area (Å²) in [5.41, 5.74) is 1.15. The third kappa shape index (κ3) is 3.96. The highest BCUT2D eigenvalue weighted by molar-refractivity contribution is 9.10. The van der Waals surface area contributed by atoms with E-state index in [1.807, 2.05) is 18.2 Å². The molecule has 0 amide bonds. The fourth-order valence-corrected chi connectivity index (χ4v) is 1.70. The average molecular weight is 280 g/mol. The van der Waals surface area contributed by atoms with Crippen LogP contribution in [0.25, 0.3) is 0 Å². The van der Waals surface area contributed by atoms with Crippen LogP contribution in [0.15, 0.2) is 22.7 Å². The van der Waals surface area contributed by atoms with Crippen molar-refractivity contribution in [2.75, 3.05) is 20.5 Å². The Morgan fingerprint density at radius 1 is 1.43 bits per heavy atom. The average Bonchev–Trinajstić information content (AvgIpc) is 2.18. The van der Waals surface area contributed by atoms with Gasteiger partial charge in [0.25, 0.3) is 0 Å². The van der Waals surface area contributed by atoms with E-state index in [1.54, 1.807) is 7.11 Å². The van der Waals surface area contributed by atoms with Gasteiger partial charge in [0.15, 0.2) is 0 Å². The van der Waals surface area contributed by atoms with Crippen LogP contribution in [0.5, 0.6) is 0 Å². The van der Waals surface area contributed by atoms with E-state index in [4.69, 9.17) is 21.1 Å². The minimum Gasteiger partial charge on any atom is -0.359 e. The van der Waals surface area contributed by atoms with E-state index in [9.17, 15) is 0 Å². The molecule has 78 valence electrons. The Hall–Kier alpha value is -0.0900. The molecule has 0 fully saturated rings. The highest BCUT2D eigenvalue weighted by Gasteiger charge is 2.00. The van der Waals surface area contributed by atoms with Crippen LogP contribution in [-0.4, -0.2) is 20.5 Å². The fraction of sp³-hybridized carbons (Fsp3) is 0.400. The molecule has 0 saturated carbocycles. The second kappa shape index (κ2) is 6.40. The van der Waals surface area contributed by atoms with Gasteiger partial charge in [-0.1, -0.05) is 27.5 Å². The number of rotatable bonds is 5. The van der Waals surface area contributed by atoms with Crippen molar-refractivity contribution in [1.82, 2.24) is 0 Å². The maximum atomic E-state index is 5.87. The van der Waals surface area contributed by atoms with E-state index in [0.717, 1.165) is 21.5 Å². The van der Waals surface area contributed by atoms with Crippen LogP contribution in [-0.2, 0) is 15.9 Å². The summed E-state index contributed by atoms with van der Waals surface area (Å²) < 4.78 is 11.0. The molecular formula is C10H12BrClO2. The van der Waals surface area contributed by atoms with Gasteiger partial charge >= 0.3 is 0 Å². The maximum Gasteiger partial charge on any atom is 0.146 e. The Morgan fingerprint density at radius 3 is 2.93 bits per heavy atom. The molecule has 2 nitrogen and oxygen atoms in total. The molecule has 0 aliphatic rings. The number of halogens is 2. The van der Waals surface area contributed by atoms with E-state index in [1.165, 1.54) is 0 Å². The molecule has 0 heterocycles. The van der Waals surface area contributed by atoms with E-state index in [-0.39, 0.29) is 0 Å². The Bertz CT molecular complexity index is 291. The van der Waals surface area contributed by atoms with Crippen molar-refractivity contribution < 1.29 is 9.47 Å². The highest BCUT2D eigenvalue weighted by atomic mass is 79.9. The van der Waals surface area contributed by atoms with Gasteiger partial charge in [-0.15, -0.1) is 0 Å². The second-order valence-electron chi connectivity index (χ2n) is 2.80. The summed E-state index contributed by atoms with van der Waals surface area (Å²) in [6.45, 7) is 0.963. The van der Waals surface area contributed by atoms with Crippen LogP contribution < -0.4 is 0 Å². The molecule has 0 N–H and O–H groups in total. The summed E-state index contributed by atoms with van der Waals surface area (Å²) in [5, 5.41) is 0.745. The summed E-state index contributed by atoms with van der Waals surface area (Å²) in [4.78, 5) is 0. The topological polar surface area (TPSA) is 18.5 Å². The van der Waals surface area contributed by atoms with Gasteiger partial charge < -0.3 is 9.47 Å². The smallest absolute Gasteiger partial charge is 0.146 e. The standard InChI is InChI=1S/C10H12BrClO2/c1-13-7-14-5-4-8-6-9(12)2-3-10(8)11/h2-3,6H,4-5,7H2,1H3. The third-order valence-electron chi connectivity index (χ3n) is 1.72. The largest absolute Gasteiger partial charge is 0.359 e. The number of hydrogen-bond acceptors (Lipinski definition) is 2. The van der Waals surface area contributed by atoms with Gasteiger partial charge in [0.2, 0.25) is 0 Å². The number of benzene rings is 1. The number of methoxy groups -OCH3 is 1.